The minimum absolute atomic E-state index is 0.120. The molecule has 0 aromatic rings. The highest BCUT2D eigenvalue weighted by Crippen LogP contribution is 2.46. The lowest BCUT2D eigenvalue weighted by Gasteiger charge is -2.31. The first-order valence-corrected chi connectivity index (χ1v) is 12.2. The molecule has 4 amide bonds. The highest BCUT2D eigenvalue weighted by atomic mass is 16.4. The Morgan fingerprint density at radius 3 is 1.86 bits per heavy atom. The number of nitrogens with zero attached hydrogens (tertiary/aromatic N) is 2. The number of amides is 4. The number of rotatable bonds is 9. The van der Waals surface area contributed by atoms with Crippen LogP contribution < -0.4 is 0 Å². The van der Waals surface area contributed by atoms with Gasteiger partial charge in [0.1, 0.15) is 12.1 Å². The van der Waals surface area contributed by atoms with Crippen molar-refractivity contribution in [2.75, 3.05) is 0 Å². The van der Waals surface area contributed by atoms with Gasteiger partial charge in [0.2, 0.25) is 23.6 Å². The zero-order valence-corrected chi connectivity index (χ0v) is 20.8. The fourth-order valence-corrected chi connectivity index (χ4v) is 5.82. The van der Waals surface area contributed by atoms with Crippen molar-refractivity contribution in [2.45, 2.75) is 72.4 Å². The van der Waals surface area contributed by atoms with Crippen molar-refractivity contribution < 1.29 is 39.0 Å². The van der Waals surface area contributed by atoms with E-state index in [0.717, 1.165) is 9.80 Å². The summed E-state index contributed by atoms with van der Waals surface area (Å²) in [6.07, 6.45) is 2.62. The van der Waals surface area contributed by atoms with E-state index in [-0.39, 0.29) is 12.8 Å². The maximum Gasteiger partial charge on any atom is 0.327 e. The van der Waals surface area contributed by atoms with Gasteiger partial charge in [-0.15, -0.1) is 0 Å². The van der Waals surface area contributed by atoms with Gasteiger partial charge in [0.15, 0.2) is 0 Å². The molecule has 2 N–H and O–H groups in total. The van der Waals surface area contributed by atoms with E-state index < -0.39 is 83.2 Å². The zero-order chi connectivity index (χ0) is 26.4. The van der Waals surface area contributed by atoms with Gasteiger partial charge in [0, 0.05) is 6.42 Å². The largest absolute Gasteiger partial charge is 0.480 e. The van der Waals surface area contributed by atoms with Crippen LogP contribution in [0.3, 0.4) is 0 Å². The number of carbonyl (C=O) groups excluding carboxylic acids is 4. The summed E-state index contributed by atoms with van der Waals surface area (Å²) in [5, 5.41) is 19.4. The number of carboxylic acid groups (broad SMARTS) is 2. The summed E-state index contributed by atoms with van der Waals surface area (Å²) in [7, 11) is 0. The molecule has 0 spiro atoms. The summed E-state index contributed by atoms with van der Waals surface area (Å²) in [5.74, 6) is -8.56. The molecule has 2 fully saturated rings. The van der Waals surface area contributed by atoms with E-state index in [0.29, 0.717) is 18.4 Å². The predicted molar refractivity (Wildman–Crippen MR) is 122 cm³/mol. The second kappa shape index (κ2) is 9.91. The van der Waals surface area contributed by atoms with Gasteiger partial charge in [-0.1, -0.05) is 52.2 Å². The lowest BCUT2D eigenvalue weighted by Crippen LogP contribution is -2.49. The SMILES string of the molecule is CCC(C)[C@@H](C(=O)O)N1C(=O)CC(C2C=C(C)C3C(=O)N([C@H](C(=O)O)C(C)CC)C(=O)C3C2)C1=O. The van der Waals surface area contributed by atoms with Gasteiger partial charge in [0.05, 0.1) is 17.8 Å². The predicted octanol–water partition coefficient (Wildman–Crippen LogP) is 1.93. The average Bonchev–Trinajstić information content (AvgIpc) is 3.21. The van der Waals surface area contributed by atoms with E-state index in [1.54, 1.807) is 40.7 Å². The van der Waals surface area contributed by atoms with Gasteiger partial charge >= 0.3 is 11.9 Å². The van der Waals surface area contributed by atoms with Crippen LogP contribution in [0.1, 0.15) is 60.3 Å². The van der Waals surface area contributed by atoms with Crippen LogP contribution in [0.2, 0.25) is 0 Å². The quantitative estimate of drug-likeness (QED) is 0.368. The third-order valence-corrected chi connectivity index (χ3v) is 8.12. The topological polar surface area (TPSA) is 149 Å². The van der Waals surface area contributed by atoms with Gasteiger partial charge in [-0.05, 0) is 31.1 Å². The third-order valence-electron chi connectivity index (χ3n) is 8.12. The number of imide groups is 2. The maximum atomic E-state index is 13.3. The van der Waals surface area contributed by atoms with Crippen LogP contribution in [0.5, 0.6) is 0 Å². The normalized spacial score (nSPS) is 30.1. The highest BCUT2D eigenvalue weighted by molar-refractivity contribution is 6.10. The molecule has 35 heavy (non-hydrogen) atoms. The van der Waals surface area contributed by atoms with Gasteiger partial charge in [0.25, 0.3) is 0 Å². The van der Waals surface area contributed by atoms with Crippen molar-refractivity contribution in [1.82, 2.24) is 9.80 Å². The lowest BCUT2D eigenvalue weighted by atomic mass is 9.71. The van der Waals surface area contributed by atoms with Crippen LogP contribution in [-0.4, -0.2) is 67.7 Å². The Hall–Kier alpha value is -3.04. The summed E-state index contributed by atoms with van der Waals surface area (Å²) in [5.41, 5.74) is 0.566. The molecule has 0 aromatic carbocycles. The molecule has 10 nitrogen and oxygen atoms in total. The molecule has 6 unspecified atom stereocenters. The molecule has 192 valence electrons. The molecule has 0 bridgehead atoms. The first-order chi connectivity index (χ1) is 16.4. The van der Waals surface area contributed by atoms with Gasteiger partial charge in [-0.2, -0.15) is 0 Å². The van der Waals surface area contributed by atoms with Crippen LogP contribution in [0.25, 0.3) is 0 Å². The number of fused-ring (bicyclic) bond motifs is 1. The molecule has 8 atom stereocenters. The Bertz CT molecular complexity index is 988. The molecule has 2 heterocycles. The summed E-state index contributed by atoms with van der Waals surface area (Å²) in [4.78, 5) is 78.2. The smallest absolute Gasteiger partial charge is 0.327 e. The Kier molecular flexibility index (Phi) is 7.52. The summed E-state index contributed by atoms with van der Waals surface area (Å²) in [6, 6.07) is -2.53. The van der Waals surface area contributed by atoms with E-state index in [2.05, 4.69) is 0 Å². The van der Waals surface area contributed by atoms with Crippen LogP contribution in [0.4, 0.5) is 0 Å². The molecule has 3 rings (SSSR count). The molecule has 10 heteroatoms. The number of allylic oxidation sites excluding steroid dienone is 1. The summed E-state index contributed by atoms with van der Waals surface area (Å²) >= 11 is 0. The van der Waals surface area contributed by atoms with E-state index in [1.165, 1.54) is 0 Å². The monoisotopic (exact) mass is 490 g/mol. The molecule has 0 aromatic heterocycles. The van der Waals surface area contributed by atoms with Crippen molar-refractivity contribution in [3.63, 3.8) is 0 Å². The van der Waals surface area contributed by atoms with Gasteiger partial charge in [-0.25, -0.2) is 9.59 Å². The minimum atomic E-state index is -1.27. The fourth-order valence-electron chi connectivity index (χ4n) is 5.82. The number of likely N-dealkylation sites (tertiary alicyclic amines) is 2. The number of hydrogen-bond acceptors (Lipinski definition) is 6. The van der Waals surface area contributed by atoms with Crippen LogP contribution in [-0.2, 0) is 28.8 Å². The molecule has 0 saturated carbocycles. The standard InChI is InChI=1S/C25H34N2O8/c1-6-11(3)19(24(32)33)26-17(28)10-15(21(26)29)14-8-13(5)18-16(9-14)22(30)27(23(18)31)20(25(34)35)12(4)7-2/h8,11-12,14-16,18-20H,6-7,9-10H2,1-5H3,(H,32,33)(H,34,35)/t11?,12?,14?,15?,16?,18?,19-,20-/m0/s1. The summed E-state index contributed by atoms with van der Waals surface area (Å²) in [6.45, 7) is 8.61. The van der Waals surface area contributed by atoms with Crippen molar-refractivity contribution in [1.29, 1.82) is 0 Å². The lowest BCUT2D eigenvalue weighted by molar-refractivity contribution is -0.157. The first-order valence-electron chi connectivity index (χ1n) is 12.2. The minimum Gasteiger partial charge on any atom is -0.480 e. The second-order valence-corrected chi connectivity index (χ2v) is 10.2. The van der Waals surface area contributed by atoms with Crippen LogP contribution in [0, 0.1) is 35.5 Å². The Balaban J connectivity index is 1.90. The van der Waals surface area contributed by atoms with E-state index in [9.17, 15) is 39.0 Å². The van der Waals surface area contributed by atoms with E-state index in [1.807, 2.05) is 0 Å². The molecule has 2 aliphatic heterocycles. The van der Waals surface area contributed by atoms with Crippen molar-refractivity contribution in [3.8, 4) is 0 Å². The Morgan fingerprint density at radius 1 is 0.886 bits per heavy atom. The molecule has 3 aliphatic rings. The van der Waals surface area contributed by atoms with Gasteiger partial charge < -0.3 is 10.2 Å². The third kappa shape index (κ3) is 4.38. The first kappa shape index (κ1) is 26.6. The molecule has 0 radical (unpaired) electrons. The van der Waals surface area contributed by atoms with Crippen molar-refractivity contribution in [2.24, 2.45) is 35.5 Å². The van der Waals surface area contributed by atoms with Crippen LogP contribution in [0.15, 0.2) is 11.6 Å². The van der Waals surface area contributed by atoms with E-state index >= 15 is 0 Å². The molecule has 2 saturated heterocycles. The number of aliphatic carboxylic acids is 2. The molecule has 1 aliphatic carbocycles. The Morgan fingerprint density at radius 2 is 1.37 bits per heavy atom. The average molecular weight is 491 g/mol. The molecular weight excluding hydrogens is 456 g/mol. The highest BCUT2D eigenvalue weighted by Gasteiger charge is 2.57. The van der Waals surface area contributed by atoms with Crippen molar-refractivity contribution >= 4 is 35.6 Å². The van der Waals surface area contributed by atoms with Gasteiger partial charge in [-0.3, -0.25) is 29.0 Å². The number of hydrogen-bond donors (Lipinski definition) is 2. The van der Waals surface area contributed by atoms with Crippen molar-refractivity contribution in [3.05, 3.63) is 11.6 Å². The van der Waals surface area contributed by atoms with E-state index in [4.69, 9.17) is 0 Å². The second-order valence-electron chi connectivity index (χ2n) is 10.2. The summed E-state index contributed by atoms with van der Waals surface area (Å²) < 4.78 is 0. The Labute approximate surface area is 204 Å². The van der Waals surface area contributed by atoms with Crippen LogP contribution >= 0.6 is 0 Å². The maximum absolute atomic E-state index is 13.3. The number of carbonyl (C=O) groups is 6. The zero-order valence-electron chi connectivity index (χ0n) is 20.8. The fraction of sp³-hybridized carbons (Fsp3) is 0.680. The number of carboxylic acids is 2. The molecular formula is C25H34N2O8.